The van der Waals surface area contributed by atoms with E-state index in [4.69, 9.17) is 4.42 Å². The average Bonchev–Trinajstić information content (AvgIpc) is 3.32. The summed E-state index contributed by atoms with van der Waals surface area (Å²) in [5.74, 6) is 1.94. The van der Waals surface area contributed by atoms with Gasteiger partial charge >= 0.3 is 0 Å². The summed E-state index contributed by atoms with van der Waals surface area (Å²) in [5.41, 5.74) is 5.23. The summed E-state index contributed by atoms with van der Waals surface area (Å²) in [7, 11) is 0. The second-order valence-electron chi connectivity index (χ2n) is 6.08. The Hall–Kier alpha value is -2.90. The molecule has 0 bridgehead atoms. The van der Waals surface area contributed by atoms with Crippen LogP contribution in [0.2, 0.25) is 0 Å². The molecule has 0 unspecified atom stereocenters. The Morgan fingerprint density at radius 2 is 2.00 bits per heavy atom. The van der Waals surface area contributed by atoms with Crippen molar-refractivity contribution in [1.82, 2.24) is 10.4 Å². The van der Waals surface area contributed by atoms with Crippen LogP contribution in [-0.4, -0.2) is 17.1 Å². The predicted molar refractivity (Wildman–Crippen MR) is 114 cm³/mol. The highest BCUT2D eigenvalue weighted by Gasteiger charge is 2.07. The van der Waals surface area contributed by atoms with Gasteiger partial charge in [0.2, 0.25) is 0 Å². The molecule has 7 heteroatoms. The van der Waals surface area contributed by atoms with E-state index in [2.05, 4.69) is 21.6 Å². The molecule has 0 spiro atoms. The number of furan rings is 1. The molecule has 0 radical (unpaired) electrons. The fourth-order valence-electron chi connectivity index (χ4n) is 2.55. The summed E-state index contributed by atoms with van der Waals surface area (Å²) in [6.45, 7) is 1.85. The number of carbonyl (C=O) groups excluding carboxylic acids is 1. The summed E-state index contributed by atoms with van der Waals surface area (Å²) < 4.78 is 7.61. The van der Waals surface area contributed by atoms with Crippen LogP contribution in [0.15, 0.2) is 74.5 Å². The molecule has 0 aliphatic rings. The van der Waals surface area contributed by atoms with Gasteiger partial charge in [0.25, 0.3) is 5.91 Å². The second kappa shape index (κ2) is 8.41. The SMILES string of the molecule is Cc1ccc(C=NNC(=O)c2ccc(CSc3nc4ccccc4s3)cc2)o1. The van der Waals surface area contributed by atoms with E-state index < -0.39 is 0 Å². The number of para-hydroxylation sites is 1. The van der Waals surface area contributed by atoms with Gasteiger partial charge in [-0.15, -0.1) is 11.3 Å². The van der Waals surface area contributed by atoms with E-state index in [9.17, 15) is 4.79 Å². The van der Waals surface area contributed by atoms with E-state index in [-0.39, 0.29) is 5.91 Å². The van der Waals surface area contributed by atoms with E-state index in [1.54, 1.807) is 41.3 Å². The molecule has 1 amide bonds. The Labute approximate surface area is 170 Å². The van der Waals surface area contributed by atoms with Crippen molar-refractivity contribution in [1.29, 1.82) is 0 Å². The zero-order valence-electron chi connectivity index (χ0n) is 15.1. The molecular weight excluding hydrogens is 390 g/mol. The zero-order chi connectivity index (χ0) is 19.3. The number of hydrazone groups is 1. The maximum Gasteiger partial charge on any atom is 0.271 e. The number of hydrogen-bond acceptors (Lipinski definition) is 6. The van der Waals surface area contributed by atoms with Gasteiger partial charge in [-0.1, -0.05) is 36.0 Å². The van der Waals surface area contributed by atoms with Crippen LogP contribution < -0.4 is 5.43 Å². The summed E-state index contributed by atoms with van der Waals surface area (Å²) in [6.07, 6.45) is 1.48. The topological polar surface area (TPSA) is 67.5 Å². The van der Waals surface area contributed by atoms with Gasteiger partial charge in [0.1, 0.15) is 11.5 Å². The first-order valence-electron chi connectivity index (χ1n) is 8.64. The van der Waals surface area contributed by atoms with Crippen LogP contribution in [0.25, 0.3) is 10.2 Å². The van der Waals surface area contributed by atoms with Crippen molar-refractivity contribution in [2.75, 3.05) is 0 Å². The van der Waals surface area contributed by atoms with E-state index in [0.29, 0.717) is 11.3 Å². The molecule has 0 aliphatic heterocycles. The Morgan fingerprint density at radius 3 is 2.75 bits per heavy atom. The Balaban J connectivity index is 1.32. The summed E-state index contributed by atoms with van der Waals surface area (Å²) in [5, 5.41) is 3.92. The van der Waals surface area contributed by atoms with Gasteiger partial charge in [-0.05, 0) is 48.9 Å². The summed E-state index contributed by atoms with van der Waals surface area (Å²) in [6, 6.07) is 19.3. The Morgan fingerprint density at radius 1 is 1.18 bits per heavy atom. The highest BCUT2D eigenvalue weighted by molar-refractivity contribution is 8.00. The lowest BCUT2D eigenvalue weighted by atomic mass is 10.1. The van der Waals surface area contributed by atoms with Gasteiger partial charge in [-0.2, -0.15) is 5.10 Å². The summed E-state index contributed by atoms with van der Waals surface area (Å²) in [4.78, 5) is 16.8. The molecule has 0 fully saturated rings. The first-order chi connectivity index (χ1) is 13.7. The number of thiazole rings is 1. The normalized spacial score (nSPS) is 11.3. The van der Waals surface area contributed by atoms with Crippen LogP contribution >= 0.6 is 23.1 Å². The molecule has 1 N–H and O–H groups in total. The van der Waals surface area contributed by atoms with Crippen LogP contribution in [-0.2, 0) is 5.75 Å². The number of carbonyl (C=O) groups is 1. The van der Waals surface area contributed by atoms with Gasteiger partial charge in [0.05, 0.1) is 16.4 Å². The predicted octanol–water partition coefficient (Wildman–Crippen LogP) is 5.25. The first-order valence-corrected chi connectivity index (χ1v) is 10.4. The largest absolute Gasteiger partial charge is 0.460 e. The number of rotatable bonds is 6. The highest BCUT2D eigenvalue weighted by atomic mass is 32.2. The van der Waals surface area contributed by atoms with E-state index in [1.807, 2.05) is 43.3 Å². The molecule has 4 rings (SSSR count). The van der Waals surface area contributed by atoms with Gasteiger partial charge in [-0.25, -0.2) is 10.4 Å². The molecular formula is C21H17N3O2S2. The molecule has 0 atom stereocenters. The van der Waals surface area contributed by atoms with Crippen molar-refractivity contribution < 1.29 is 9.21 Å². The number of fused-ring (bicyclic) bond motifs is 1. The minimum absolute atomic E-state index is 0.259. The van der Waals surface area contributed by atoms with Gasteiger partial charge in [-0.3, -0.25) is 4.79 Å². The molecule has 2 heterocycles. The number of amides is 1. The molecule has 2 aromatic carbocycles. The quantitative estimate of drug-likeness (QED) is 0.269. The fraction of sp³-hybridized carbons (Fsp3) is 0.0952. The van der Waals surface area contributed by atoms with Crippen LogP contribution in [0.1, 0.15) is 27.4 Å². The van der Waals surface area contributed by atoms with E-state index in [1.165, 1.54) is 10.9 Å². The van der Waals surface area contributed by atoms with Crippen molar-refractivity contribution in [3.63, 3.8) is 0 Å². The maximum atomic E-state index is 12.2. The molecule has 0 saturated carbocycles. The third-order valence-electron chi connectivity index (χ3n) is 3.97. The molecule has 28 heavy (non-hydrogen) atoms. The molecule has 5 nitrogen and oxygen atoms in total. The maximum absolute atomic E-state index is 12.2. The summed E-state index contributed by atoms with van der Waals surface area (Å²) >= 11 is 3.40. The van der Waals surface area contributed by atoms with Crippen LogP contribution in [0.4, 0.5) is 0 Å². The molecule has 2 aromatic heterocycles. The minimum Gasteiger partial charge on any atom is -0.460 e. The highest BCUT2D eigenvalue weighted by Crippen LogP contribution is 2.31. The monoisotopic (exact) mass is 407 g/mol. The third kappa shape index (κ3) is 4.49. The van der Waals surface area contributed by atoms with Crippen LogP contribution in [0.3, 0.4) is 0 Å². The number of nitrogens with one attached hydrogen (secondary N) is 1. The Kier molecular flexibility index (Phi) is 5.55. The Bertz CT molecular complexity index is 1100. The smallest absolute Gasteiger partial charge is 0.271 e. The van der Waals surface area contributed by atoms with Crippen molar-refractivity contribution in [3.05, 3.63) is 83.3 Å². The van der Waals surface area contributed by atoms with Gasteiger partial charge in [0, 0.05) is 11.3 Å². The number of benzene rings is 2. The number of aryl methyl sites for hydroxylation is 1. The second-order valence-corrected chi connectivity index (χ2v) is 8.33. The lowest BCUT2D eigenvalue weighted by Crippen LogP contribution is -2.17. The average molecular weight is 408 g/mol. The molecule has 4 aromatic rings. The molecule has 0 aliphatic carbocycles. The number of aromatic nitrogens is 1. The molecule has 140 valence electrons. The van der Waals surface area contributed by atoms with Gasteiger partial charge < -0.3 is 4.42 Å². The van der Waals surface area contributed by atoms with E-state index in [0.717, 1.165) is 26.9 Å². The number of hydrogen-bond donors (Lipinski definition) is 1. The fourth-order valence-corrected chi connectivity index (χ4v) is 4.58. The van der Waals surface area contributed by atoms with Crippen LogP contribution in [0.5, 0.6) is 0 Å². The van der Waals surface area contributed by atoms with Crippen molar-refractivity contribution in [2.45, 2.75) is 17.0 Å². The van der Waals surface area contributed by atoms with Crippen molar-refractivity contribution >= 4 is 45.4 Å². The first kappa shape index (κ1) is 18.5. The standard InChI is InChI=1S/C21H17N3O2S2/c1-14-6-11-17(26-14)12-22-24-20(25)16-9-7-15(8-10-16)13-27-21-23-18-4-2-3-5-19(18)28-21/h2-12H,13H2,1H3,(H,24,25). The van der Waals surface area contributed by atoms with E-state index >= 15 is 0 Å². The molecule has 0 saturated heterocycles. The minimum atomic E-state index is -0.259. The third-order valence-corrected chi connectivity index (χ3v) is 6.22. The lowest BCUT2D eigenvalue weighted by Gasteiger charge is -2.02. The number of thioether (sulfide) groups is 1. The van der Waals surface area contributed by atoms with Crippen LogP contribution in [0, 0.1) is 6.92 Å². The van der Waals surface area contributed by atoms with Gasteiger partial charge in [0.15, 0.2) is 4.34 Å². The van der Waals surface area contributed by atoms with Crippen molar-refractivity contribution in [3.8, 4) is 0 Å². The lowest BCUT2D eigenvalue weighted by molar-refractivity contribution is 0.0955. The van der Waals surface area contributed by atoms with Crippen molar-refractivity contribution in [2.24, 2.45) is 5.10 Å². The zero-order valence-corrected chi connectivity index (χ0v) is 16.7. The number of nitrogens with zero attached hydrogens (tertiary/aromatic N) is 2.